The Morgan fingerprint density at radius 2 is 2.00 bits per heavy atom. The molecular weight excluding hydrogens is 442 g/mol. The summed E-state index contributed by atoms with van der Waals surface area (Å²) >= 11 is 0. The molecule has 35 heavy (non-hydrogen) atoms. The van der Waals surface area contributed by atoms with Gasteiger partial charge in [-0.05, 0) is 31.7 Å². The zero-order chi connectivity index (χ0) is 25.5. The number of pyridine rings is 1. The first-order valence-corrected chi connectivity index (χ1v) is 13.0. The van der Waals surface area contributed by atoms with E-state index in [-0.39, 0.29) is 48.3 Å². The highest BCUT2D eigenvalue weighted by molar-refractivity contribution is 5.97. The van der Waals surface area contributed by atoms with Gasteiger partial charge in [-0.3, -0.25) is 9.59 Å². The van der Waals surface area contributed by atoms with E-state index in [4.69, 9.17) is 4.74 Å². The van der Waals surface area contributed by atoms with E-state index >= 15 is 0 Å². The van der Waals surface area contributed by atoms with E-state index < -0.39 is 0 Å². The number of nitrogens with zero attached hydrogens (tertiary/aromatic N) is 3. The van der Waals surface area contributed by atoms with E-state index in [0.717, 1.165) is 32.1 Å². The average molecular weight is 484 g/mol. The molecule has 3 rings (SSSR count). The van der Waals surface area contributed by atoms with Crippen molar-refractivity contribution in [3.05, 3.63) is 23.4 Å². The Bertz CT molecular complexity index is 945. The Hall–Kier alpha value is -2.59. The predicted octanol–water partition coefficient (Wildman–Crippen LogP) is 3.74. The van der Waals surface area contributed by atoms with E-state index in [2.05, 4.69) is 30.7 Å². The summed E-state index contributed by atoms with van der Waals surface area (Å²) in [4.78, 5) is 34.5. The molecule has 192 valence electrons. The Balaban J connectivity index is 1.88. The largest absolute Gasteiger partial charge is 0.472 e. The fraction of sp³-hybridized carbons (Fsp3) is 0.679. The number of carbonyl (C=O) groups excluding carboxylic acids is 2. The van der Waals surface area contributed by atoms with Crippen LogP contribution in [0.3, 0.4) is 0 Å². The summed E-state index contributed by atoms with van der Waals surface area (Å²) < 4.78 is 6.32. The fourth-order valence-corrected chi connectivity index (χ4v) is 4.77. The van der Waals surface area contributed by atoms with Crippen molar-refractivity contribution in [2.24, 2.45) is 17.8 Å². The fourth-order valence-electron chi connectivity index (χ4n) is 4.77. The second kappa shape index (κ2) is 12.4. The normalized spacial score (nSPS) is 21.8. The Morgan fingerprint density at radius 3 is 2.66 bits per heavy atom. The van der Waals surface area contributed by atoms with Crippen LogP contribution in [0.25, 0.3) is 0 Å². The van der Waals surface area contributed by atoms with Crippen LogP contribution in [0.2, 0.25) is 0 Å². The van der Waals surface area contributed by atoms with Gasteiger partial charge in [-0.15, -0.1) is 0 Å². The lowest BCUT2D eigenvalue weighted by molar-refractivity contribution is -0.136. The SMILES string of the molecule is CC(C)CC#Cc1cnc2c(c1)C(=O)N([C@@H](C)CO)C[C@@H](C)[C@@H](CN(C)C(=O)C1CCCCC1)O2. The number of aromatic nitrogens is 1. The van der Waals surface area contributed by atoms with Gasteiger partial charge in [-0.2, -0.15) is 0 Å². The number of likely N-dealkylation sites (N-methyl/N-ethyl adjacent to an activating group) is 1. The van der Waals surface area contributed by atoms with Gasteiger partial charge in [-0.1, -0.05) is 51.9 Å². The maximum absolute atomic E-state index is 13.5. The summed E-state index contributed by atoms with van der Waals surface area (Å²) in [5, 5.41) is 9.84. The van der Waals surface area contributed by atoms with E-state index in [1.54, 1.807) is 22.1 Å². The van der Waals surface area contributed by atoms with Gasteiger partial charge in [0, 0.05) is 43.6 Å². The van der Waals surface area contributed by atoms with Crippen molar-refractivity contribution in [3.8, 4) is 17.7 Å². The van der Waals surface area contributed by atoms with Crippen LogP contribution in [-0.2, 0) is 4.79 Å². The number of aliphatic hydroxyl groups excluding tert-OH is 1. The molecule has 3 atom stereocenters. The van der Waals surface area contributed by atoms with Crippen LogP contribution in [0, 0.1) is 29.6 Å². The average Bonchev–Trinajstić information content (AvgIpc) is 2.85. The van der Waals surface area contributed by atoms with Gasteiger partial charge in [0.05, 0.1) is 19.2 Å². The first-order valence-electron chi connectivity index (χ1n) is 13.0. The molecule has 1 N–H and O–H groups in total. The van der Waals surface area contributed by atoms with Crippen molar-refractivity contribution < 1.29 is 19.4 Å². The molecule has 1 aromatic rings. The molecule has 7 nitrogen and oxygen atoms in total. The smallest absolute Gasteiger partial charge is 0.259 e. The minimum Gasteiger partial charge on any atom is -0.472 e. The van der Waals surface area contributed by atoms with E-state index in [1.165, 1.54) is 6.42 Å². The third-order valence-corrected chi connectivity index (χ3v) is 7.05. The molecular formula is C28H41N3O4. The maximum atomic E-state index is 13.5. The van der Waals surface area contributed by atoms with Crippen molar-refractivity contribution in [2.75, 3.05) is 26.7 Å². The highest BCUT2D eigenvalue weighted by Crippen LogP contribution is 2.29. The second-order valence-corrected chi connectivity index (χ2v) is 10.7. The number of amides is 2. The molecule has 0 aromatic carbocycles. The lowest BCUT2D eigenvalue weighted by atomic mass is 9.88. The van der Waals surface area contributed by atoms with Crippen molar-refractivity contribution in [3.63, 3.8) is 0 Å². The van der Waals surface area contributed by atoms with Crippen LogP contribution in [0.5, 0.6) is 5.88 Å². The first-order chi connectivity index (χ1) is 16.7. The topological polar surface area (TPSA) is 83.0 Å². The minimum absolute atomic E-state index is 0.0602. The van der Waals surface area contributed by atoms with Crippen LogP contribution in [0.1, 0.15) is 82.1 Å². The van der Waals surface area contributed by atoms with Crippen LogP contribution in [0.4, 0.5) is 0 Å². The highest BCUT2D eigenvalue weighted by atomic mass is 16.5. The molecule has 2 amide bonds. The molecule has 1 aromatic heterocycles. The van der Waals surface area contributed by atoms with Crippen LogP contribution in [-0.4, -0.2) is 70.6 Å². The molecule has 0 saturated heterocycles. The lowest BCUT2D eigenvalue weighted by Crippen LogP contribution is -2.51. The molecule has 0 radical (unpaired) electrons. The Kier molecular flexibility index (Phi) is 9.56. The third kappa shape index (κ3) is 6.98. The van der Waals surface area contributed by atoms with Gasteiger partial charge in [0.1, 0.15) is 11.7 Å². The summed E-state index contributed by atoms with van der Waals surface area (Å²) in [5.41, 5.74) is 1.01. The summed E-state index contributed by atoms with van der Waals surface area (Å²) in [6.45, 7) is 8.76. The van der Waals surface area contributed by atoms with Gasteiger partial charge in [0.15, 0.2) is 0 Å². The molecule has 0 unspecified atom stereocenters. The number of hydrogen-bond donors (Lipinski definition) is 1. The number of ether oxygens (including phenoxy) is 1. The van der Waals surface area contributed by atoms with Gasteiger partial charge in [0.2, 0.25) is 11.8 Å². The van der Waals surface area contributed by atoms with Gasteiger partial charge in [0.25, 0.3) is 5.91 Å². The standard InChI is InChI=1S/C28H41N3O4/c1-19(2)10-9-11-22-14-24-26(29-15-22)35-25(20(3)16-31(28(24)34)21(4)18-32)17-30(5)27(33)23-12-7-6-8-13-23/h14-15,19-21,23,25,32H,6-8,10,12-13,16-18H2,1-5H3/t20-,21+,25-/m1/s1. The van der Waals surface area contributed by atoms with Crippen molar-refractivity contribution in [2.45, 2.75) is 78.4 Å². The molecule has 1 aliphatic carbocycles. The number of hydrogen-bond acceptors (Lipinski definition) is 5. The Morgan fingerprint density at radius 1 is 1.29 bits per heavy atom. The van der Waals surface area contributed by atoms with Crippen LogP contribution < -0.4 is 4.74 Å². The summed E-state index contributed by atoms with van der Waals surface area (Å²) in [7, 11) is 1.84. The van der Waals surface area contributed by atoms with Gasteiger partial charge in [-0.25, -0.2) is 4.98 Å². The van der Waals surface area contributed by atoms with E-state index in [0.29, 0.717) is 30.1 Å². The number of aliphatic hydroxyl groups is 1. The Labute approximate surface area is 210 Å². The lowest BCUT2D eigenvalue weighted by Gasteiger charge is -2.38. The molecule has 1 saturated carbocycles. The summed E-state index contributed by atoms with van der Waals surface area (Å²) in [6, 6.07) is 1.38. The van der Waals surface area contributed by atoms with Crippen molar-refractivity contribution in [1.82, 2.24) is 14.8 Å². The van der Waals surface area contributed by atoms with Crippen LogP contribution >= 0.6 is 0 Å². The number of fused-ring (bicyclic) bond motifs is 1. The quantitative estimate of drug-likeness (QED) is 0.624. The predicted molar refractivity (Wildman–Crippen MR) is 136 cm³/mol. The number of rotatable bonds is 6. The molecule has 0 bridgehead atoms. The maximum Gasteiger partial charge on any atom is 0.259 e. The zero-order valence-electron chi connectivity index (χ0n) is 21.9. The molecule has 2 heterocycles. The molecule has 7 heteroatoms. The molecule has 2 aliphatic rings. The monoisotopic (exact) mass is 483 g/mol. The van der Waals surface area contributed by atoms with Gasteiger partial charge < -0.3 is 19.6 Å². The molecule has 0 spiro atoms. The summed E-state index contributed by atoms with van der Waals surface area (Å²) in [5.74, 6) is 6.93. The summed E-state index contributed by atoms with van der Waals surface area (Å²) in [6.07, 6.45) is 7.38. The van der Waals surface area contributed by atoms with E-state index in [1.807, 2.05) is 20.9 Å². The molecule has 1 aliphatic heterocycles. The number of carbonyl (C=O) groups is 2. The van der Waals surface area contributed by atoms with Gasteiger partial charge >= 0.3 is 0 Å². The van der Waals surface area contributed by atoms with Crippen LogP contribution in [0.15, 0.2) is 12.3 Å². The van der Waals surface area contributed by atoms with Crippen molar-refractivity contribution >= 4 is 11.8 Å². The first kappa shape index (κ1) is 27.0. The molecule has 1 fully saturated rings. The minimum atomic E-state index is -0.353. The zero-order valence-corrected chi connectivity index (χ0v) is 21.9. The van der Waals surface area contributed by atoms with E-state index in [9.17, 15) is 14.7 Å². The second-order valence-electron chi connectivity index (χ2n) is 10.7. The third-order valence-electron chi connectivity index (χ3n) is 7.05. The van der Waals surface area contributed by atoms with Crippen molar-refractivity contribution in [1.29, 1.82) is 0 Å². The highest BCUT2D eigenvalue weighted by Gasteiger charge is 2.35.